The molecule has 0 aliphatic carbocycles. The van der Waals surface area contributed by atoms with Gasteiger partial charge in [-0.05, 0) is 46.2 Å². The molecule has 0 spiro atoms. The van der Waals surface area contributed by atoms with Crippen molar-refractivity contribution in [1.82, 2.24) is 0 Å². The number of hydrogen-bond donors (Lipinski definition) is 0. The van der Waals surface area contributed by atoms with Crippen LogP contribution in [-0.4, -0.2) is 18.2 Å². The van der Waals surface area contributed by atoms with E-state index in [0.29, 0.717) is 5.56 Å². The highest BCUT2D eigenvalue weighted by Gasteiger charge is 2.40. The Balaban J connectivity index is 3.45. The van der Waals surface area contributed by atoms with Crippen LogP contribution in [0.2, 0.25) is 0 Å². The van der Waals surface area contributed by atoms with Crippen molar-refractivity contribution < 1.29 is 27.4 Å². The first-order valence-corrected chi connectivity index (χ1v) is 6.98. The molecular formula is C16H21F3O3. The van der Waals surface area contributed by atoms with Gasteiger partial charge in [0.25, 0.3) is 0 Å². The summed E-state index contributed by atoms with van der Waals surface area (Å²) in [6.45, 7) is 8.19. The Morgan fingerprint density at radius 1 is 1.23 bits per heavy atom. The van der Waals surface area contributed by atoms with Crippen molar-refractivity contribution in [1.29, 1.82) is 0 Å². The van der Waals surface area contributed by atoms with Crippen LogP contribution < -0.4 is 0 Å². The molecule has 0 radical (unpaired) electrons. The molecule has 0 heterocycles. The van der Waals surface area contributed by atoms with Crippen molar-refractivity contribution in [2.45, 2.75) is 52.5 Å². The summed E-state index contributed by atoms with van der Waals surface area (Å²) in [5, 5.41) is 0. The van der Waals surface area contributed by atoms with Crippen LogP contribution in [-0.2, 0) is 20.4 Å². The number of benzene rings is 1. The third-order valence-electron chi connectivity index (χ3n) is 2.86. The minimum absolute atomic E-state index is 0.0655. The molecule has 0 bridgehead atoms. The maximum atomic E-state index is 13.3. The molecule has 0 saturated carbocycles. The summed E-state index contributed by atoms with van der Waals surface area (Å²) in [6, 6.07) is 3.77. The smallest absolute Gasteiger partial charge is 0.416 e. The molecule has 0 aliphatic heterocycles. The van der Waals surface area contributed by atoms with Gasteiger partial charge < -0.3 is 9.47 Å². The van der Waals surface area contributed by atoms with Crippen LogP contribution in [0.5, 0.6) is 0 Å². The summed E-state index contributed by atoms with van der Waals surface area (Å²) >= 11 is 0. The second-order valence-electron chi connectivity index (χ2n) is 5.90. The Bertz CT molecular complexity index is 530. The molecule has 0 amide bonds. The molecule has 0 aromatic heterocycles. The number of alkyl halides is 3. The van der Waals surface area contributed by atoms with E-state index in [0.717, 1.165) is 6.07 Å². The molecule has 124 valence electrons. The zero-order valence-electron chi connectivity index (χ0n) is 13.4. The van der Waals surface area contributed by atoms with Crippen LogP contribution in [0.25, 0.3) is 0 Å². The van der Waals surface area contributed by atoms with E-state index in [1.54, 1.807) is 27.7 Å². The number of ether oxygens (including phenoxy) is 2. The van der Waals surface area contributed by atoms with Crippen molar-refractivity contribution in [3.8, 4) is 0 Å². The quantitative estimate of drug-likeness (QED) is 0.770. The van der Waals surface area contributed by atoms with Crippen molar-refractivity contribution in [3.63, 3.8) is 0 Å². The van der Waals surface area contributed by atoms with Crippen molar-refractivity contribution in [2.24, 2.45) is 0 Å². The molecule has 1 aromatic carbocycles. The highest BCUT2D eigenvalue weighted by molar-refractivity contribution is 5.78. The van der Waals surface area contributed by atoms with E-state index in [2.05, 4.69) is 0 Å². The first kappa shape index (κ1) is 18.5. The summed E-state index contributed by atoms with van der Waals surface area (Å²) in [6.07, 6.45) is -5.99. The fraction of sp³-hybridized carbons (Fsp3) is 0.562. The minimum Gasteiger partial charge on any atom is -0.464 e. The van der Waals surface area contributed by atoms with Crippen LogP contribution in [0.15, 0.2) is 18.2 Å². The van der Waals surface area contributed by atoms with Crippen LogP contribution >= 0.6 is 0 Å². The summed E-state index contributed by atoms with van der Waals surface area (Å²) in [5.74, 6) is -0.822. The predicted molar refractivity (Wildman–Crippen MR) is 76.4 cm³/mol. The number of hydrogen-bond acceptors (Lipinski definition) is 3. The molecular weight excluding hydrogens is 297 g/mol. The van der Waals surface area contributed by atoms with E-state index >= 15 is 0 Å². The number of esters is 1. The maximum absolute atomic E-state index is 13.3. The van der Waals surface area contributed by atoms with Gasteiger partial charge in [0, 0.05) is 5.56 Å². The van der Waals surface area contributed by atoms with E-state index in [1.807, 2.05) is 0 Å². The van der Waals surface area contributed by atoms with Crippen LogP contribution in [0.3, 0.4) is 0 Å². The third kappa shape index (κ3) is 4.73. The van der Waals surface area contributed by atoms with Gasteiger partial charge in [0.1, 0.15) is 0 Å². The maximum Gasteiger partial charge on any atom is 0.416 e. The van der Waals surface area contributed by atoms with Crippen LogP contribution in [0, 0.1) is 6.92 Å². The Morgan fingerprint density at radius 2 is 1.82 bits per heavy atom. The number of aryl methyl sites for hydroxylation is 1. The first-order valence-electron chi connectivity index (χ1n) is 6.98. The van der Waals surface area contributed by atoms with E-state index < -0.39 is 29.4 Å². The second-order valence-corrected chi connectivity index (χ2v) is 5.90. The van der Waals surface area contributed by atoms with Gasteiger partial charge in [-0.1, -0.05) is 12.1 Å². The lowest BCUT2D eigenvalue weighted by molar-refractivity contribution is -0.168. The fourth-order valence-corrected chi connectivity index (χ4v) is 2.07. The van der Waals surface area contributed by atoms with Gasteiger partial charge in [-0.3, -0.25) is 0 Å². The third-order valence-corrected chi connectivity index (χ3v) is 2.86. The highest BCUT2D eigenvalue weighted by Crippen LogP contribution is 2.39. The van der Waals surface area contributed by atoms with Crippen molar-refractivity contribution in [3.05, 3.63) is 34.9 Å². The zero-order valence-corrected chi connectivity index (χ0v) is 13.4. The molecule has 0 aliphatic rings. The number of rotatable bonds is 4. The molecule has 0 fully saturated rings. The number of halogens is 3. The van der Waals surface area contributed by atoms with Gasteiger partial charge in [0.05, 0.1) is 17.8 Å². The standard InChI is InChI=1S/C16H21F3O3/c1-6-21-14(20)13(22-15(3,4)5)12-10(2)8-7-9-11(12)16(17,18)19/h7-9,13H,6H2,1-5H3. The topological polar surface area (TPSA) is 35.5 Å². The van der Waals surface area contributed by atoms with E-state index in [4.69, 9.17) is 9.47 Å². The Morgan fingerprint density at radius 3 is 2.27 bits per heavy atom. The lowest BCUT2D eigenvalue weighted by atomic mass is 9.96. The molecule has 3 nitrogen and oxygen atoms in total. The SMILES string of the molecule is CCOC(=O)C(OC(C)(C)C)c1c(C)cccc1C(F)(F)F. The zero-order chi connectivity index (χ0) is 17.1. The summed E-state index contributed by atoms with van der Waals surface area (Å²) < 4.78 is 50.3. The summed E-state index contributed by atoms with van der Waals surface area (Å²) in [5.41, 5.74) is -1.54. The molecule has 1 aromatic rings. The minimum atomic E-state index is -4.58. The lowest BCUT2D eigenvalue weighted by Crippen LogP contribution is -2.30. The number of carbonyl (C=O) groups excluding carboxylic acids is 1. The Hall–Kier alpha value is -1.56. The van der Waals surface area contributed by atoms with E-state index in [1.165, 1.54) is 19.1 Å². The lowest BCUT2D eigenvalue weighted by Gasteiger charge is -2.29. The average molecular weight is 318 g/mol. The Labute approximate surface area is 128 Å². The normalized spacial score (nSPS) is 13.8. The van der Waals surface area contributed by atoms with Gasteiger partial charge in [-0.2, -0.15) is 13.2 Å². The van der Waals surface area contributed by atoms with Gasteiger partial charge in [-0.25, -0.2) is 4.79 Å². The molecule has 0 N–H and O–H groups in total. The van der Waals surface area contributed by atoms with Gasteiger partial charge in [-0.15, -0.1) is 0 Å². The molecule has 1 rings (SSSR count). The van der Waals surface area contributed by atoms with Crippen molar-refractivity contribution in [2.75, 3.05) is 6.61 Å². The average Bonchev–Trinajstić information content (AvgIpc) is 2.34. The van der Waals surface area contributed by atoms with Gasteiger partial charge in [0.2, 0.25) is 0 Å². The second kappa shape index (κ2) is 6.69. The Kier molecular flexibility index (Phi) is 5.62. The van der Waals surface area contributed by atoms with Crippen molar-refractivity contribution >= 4 is 5.97 Å². The molecule has 1 atom stereocenters. The predicted octanol–water partition coefficient (Wildman–Crippen LogP) is 4.43. The molecule has 22 heavy (non-hydrogen) atoms. The summed E-state index contributed by atoms with van der Waals surface area (Å²) in [4.78, 5) is 12.1. The first-order chi connectivity index (χ1) is 9.97. The monoisotopic (exact) mass is 318 g/mol. The van der Waals surface area contributed by atoms with Gasteiger partial charge >= 0.3 is 12.1 Å². The van der Waals surface area contributed by atoms with Crippen LogP contribution in [0.4, 0.5) is 13.2 Å². The summed E-state index contributed by atoms with van der Waals surface area (Å²) in [7, 11) is 0. The molecule has 6 heteroatoms. The largest absolute Gasteiger partial charge is 0.464 e. The number of carbonyl (C=O) groups is 1. The fourth-order valence-electron chi connectivity index (χ4n) is 2.07. The highest BCUT2D eigenvalue weighted by atomic mass is 19.4. The molecule has 0 saturated heterocycles. The van der Waals surface area contributed by atoms with Crippen LogP contribution in [0.1, 0.15) is 50.5 Å². The van der Waals surface area contributed by atoms with E-state index in [-0.39, 0.29) is 12.2 Å². The van der Waals surface area contributed by atoms with E-state index in [9.17, 15) is 18.0 Å². The molecule has 1 unspecified atom stereocenters. The van der Waals surface area contributed by atoms with Gasteiger partial charge in [0.15, 0.2) is 6.10 Å².